The highest BCUT2D eigenvalue weighted by Gasteiger charge is 2.22. The summed E-state index contributed by atoms with van der Waals surface area (Å²) in [6, 6.07) is 25.5. The number of thiophene rings is 1. The van der Waals surface area contributed by atoms with E-state index in [1.165, 1.54) is 16.9 Å². The summed E-state index contributed by atoms with van der Waals surface area (Å²) in [7, 11) is 0. The van der Waals surface area contributed by atoms with Crippen LogP contribution in [-0.4, -0.2) is 10.9 Å². The molecule has 2 heterocycles. The van der Waals surface area contributed by atoms with Gasteiger partial charge in [-0.15, -0.1) is 11.3 Å². The number of anilines is 2. The average Bonchev–Trinajstić information content (AvgIpc) is 3.17. The Kier molecular flexibility index (Phi) is 5.82. The molecule has 5 aromatic rings. The number of carbonyl (C=O) groups excluding carboxylic acids is 1. The quantitative estimate of drug-likeness (QED) is 0.274. The maximum absolute atomic E-state index is 13.1. The third kappa shape index (κ3) is 4.28. The normalized spacial score (nSPS) is 11.0. The van der Waals surface area contributed by atoms with Gasteiger partial charge in [-0.05, 0) is 55.3 Å². The Morgan fingerprint density at radius 1 is 0.882 bits per heavy atom. The van der Waals surface area contributed by atoms with Gasteiger partial charge in [0.2, 0.25) is 0 Å². The molecule has 0 aliphatic heterocycles. The molecular weight excluding hydrogens is 462 g/mol. The number of hydrogen-bond acceptors (Lipinski definition) is 4. The van der Waals surface area contributed by atoms with E-state index >= 15 is 0 Å². The molecule has 0 saturated carbocycles. The minimum atomic E-state index is -0.247. The number of fused-ring (bicyclic) bond motifs is 1. The number of carbonyl (C=O) groups is 1. The van der Waals surface area contributed by atoms with E-state index in [0.29, 0.717) is 15.6 Å². The summed E-state index contributed by atoms with van der Waals surface area (Å²) in [4.78, 5) is 19.2. The molecule has 1 amide bonds. The summed E-state index contributed by atoms with van der Waals surface area (Å²) < 4.78 is 0. The zero-order valence-electron chi connectivity index (χ0n) is 18.7. The van der Waals surface area contributed by atoms with E-state index in [2.05, 4.69) is 36.5 Å². The van der Waals surface area contributed by atoms with Crippen LogP contribution in [0.1, 0.15) is 20.8 Å². The predicted octanol–water partition coefficient (Wildman–Crippen LogP) is 7.74. The van der Waals surface area contributed by atoms with Crippen LogP contribution in [-0.2, 0) is 0 Å². The van der Waals surface area contributed by atoms with Gasteiger partial charge in [-0.25, -0.2) is 4.98 Å². The number of rotatable bonds is 4. The van der Waals surface area contributed by atoms with Crippen molar-refractivity contribution in [1.29, 1.82) is 0 Å². The van der Waals surface area contributed by atoms with Crippen LogP contribution in [0.4, 0.5) is 11.4 Å². The molecule has 0 aliphatic rings. The van der Waals surface area contributed by atoms with Crippen LogP contribution in [0.2, 0.25) is 5.02 Å². The smallest absolute Gasteiger partial charge is 0.267 e. The van der Waals surface area contributed by atoms with Crippen LogP contribution >= 0.6 is 22.9 Å². The van der Waals surface area contributed by atoms with E-state index in [4.69, 9.17) is 22.3 Å². The summed E-state index contributed by atoms with van der Waals surface area (Å²) in [5.74, 6) is -0.247. The molecule has 0 unspecified atom stereocenters. The highest BCUT2D eigenvalue weighted by atomic mass is 35.5. The molecule has 0 bridgehead atoms. The Labute approximate surface area is 207 Å². The maximum Gasteiger partial charge on any atom is 0.267 e. The molecule has 0 saturated heterocycles. The van der Waals surface area contributed by atoms with Gasteiger partial charge in [0.05, 0.1) is 11.4 Å². The van der Waals surface area contributed by atoms with Gasteiger partial charge >= 0.3 is 0 Å². The first-order chi connectivity index (χ1) is 16.4. The molecule has 5 rings (SSSR count). The topological polar surface area (TPSA) is 68.0 Å². The minimum Gasteiger partial charge on any atom is -0.397 e. The number of hydrogen-bond donors (Lipinski definition) is 2. The van der Waals surface area contributed by atoms with Gasteiger partial charge in [0.25, 0.3) is 5.91 Å². The number of halogens is 1. The molecule has 3 N–H and O–H groups in total. The molecule has 0 atom stereocenters. The average molecular weight is 484 g/mol. The standard InChI is InChI=1S/C28H22ClN3OS/c1-16-3-7-19(8-4-16)23-15-22(18-9-11-20(29)12-10-18)24-25(30)26(34-28(24)32-23)27(33)31-21-13-5-17(2)6-14-21/h3-15H,30H2,1-2H3,(H,31,33). The first-order valence-corrected chi connectivity index (χ1v) is 12.0. The summed E-state index contributed by atoms with van der Waals surface area (Å²) >= 11 is 7.44. The summed E-state index contributed by atoms with van der Waals surface area (Å²) in [5.41, 5.74) is 13.7. The first-order valence-electron chi connectivity index (χ1n) is 10.8. The van der Waals surface area contributed by atoms with Crippen LogP contribution < -0.4 is 11.1 Å². The minimum absolute atomic E-state index is 0.247. The Morgan fingerprint density at radius 3 is 2.12 bits per heavy atom. The lowest BCUT2D eigenvalue weighted by Crippen LogP contribution is -2.11. The van der Waals surface area contributed by atoms with E-state index < -0.39 is 0 Å². The third-order valence-corrected chi connectivity index (χ3v) is 7.07. The zero-order valence-corrected chi connectivity index (χ0v) is 20.3. The van der Waals surface area contributed by atoms with Gasteiger partial charge in [-0.1, -0.05) is 71.3 Å². The largest absolute Gasteiger partial charge is 0.397 e. The SMILES string of the molecule is Cc1ccc(NC(=O)c2sc3nc(-c4ccc(C)cc4)cc(-c4ccc(Cl)cc4)c3c2N)cc1. The number of amides is 1. The van der Waals surface area contributed by atoms with Gasteiger partial charge in [0, 0.05) is 21.7 Å². The number of pyridine rings is 1. The molecular formula is C28H22ClN3OS. The number of aromatic nitrogens is 1. The van der Waals surface area contributed by atoms with Crippen molar-refractivity contribution < 1.29 is 4.79 Å². The molecule has 0 spiro atoms. The van der Waals surface area contributed by atoms with Crippen molar-refractivity contribution in [3.8, 4) is 22.4 Å². The third-order valence-electron chi connectivity index (χ3n) is 5.72. The zero-order chi connectivity index (χ0) is 23.8. The lowest BCUT2D eigenvalue weighted by Gasteiger charge is -2.09. The Hall–Kier alpha value is -3.67. The molecule has 168 valence electrons. The summed E-state index contributed by atoms with van der Waals surface area (Å²) in [6.07, 6.45) is 0. The van der Waals surface area contributed by atoms with Crippen molar-refractivity contribution in [3.05, 3.63) is 99.9 Å². The van der Waals surface area contributed by atoms with Crippen molar-refractivity contribution in [2.75, 3.05) is 11.1 Å². The van der Waals surface area contributed by atoms with Gasteiger partial charge in [0.1, 0.15) is 9.71 Å². The molecule has 0 aliphatic carbocycles. The van der Waals surface area contributed by atoms with E-state index in [0.717, 1.165) is 43.9 Å². The predicted molar refractivity (Wildman–Crippen MR) is 144 cm³/mol. The number of benzene rings is 3. The Morgan fingerprint density at radius 2 is 1.47 bits per heavy atom. The second-order valence-electron chi connectivity index (χ2n) is 8.27. The van der Waals surface area contributed by atoms with Gasteiger partial charge in [0.15, 0.2) is 0 Å². The van der Waals surface area contributed by atoms with Crippen LogP contribution in [0.5, 0.6) is 0 Å². The number of nitrogens with one attached hydrogen (secondary N) is 1. The molecule has 3 aromatic carbocycles. The Bertz CT molecular complexity index is 1510. The van der Waals surface area contributed by atoms with Crippen LogP contribution in [0.3, 0.4) is 0 Å². The van der Waals surface area contributed by atoms with Gasteiger partial charge < -0.3 is 11.1 Å². The number of nitrogen functional groups attached to an aromatic ring is 1. The summed E-state index contributed by atoms with van der Waals surface area (Å²) in [5, 5.41) is 4.38. The van der Waals surface area contributed by atoms with Crippen molar-refractivity contribution >= 4 is 50.4 Å². The molecule has 6 heteroatoms. The fourth-order valence-electron chi connectivity index (χ4n) is 3.84. The highest BCUT2D eigenvalue weighted by molar-refractivity contribution is 7.21. The lowest BCUT2D eigenvalue weighted by atomic mass is 9.99. The number of nitrogens with two attached hydrogens (primary N) is 1. The molecule has 34 heavy (non-hydrogen) atoms. The maximum atomic E-state index is 13.1. The Balaban J connectivity index is 1.66. The van der Waals surface area contributed by atoms with E-state index in [9.17, 15) is 4.79 Å². The first kappa shape index (κ1) is 22.1. The molecule has 4 nitrogen and oxygen atoms in total. The molecule has 0 fully saturated rings. The molecule has 2 aromatic heterocycles. The van der Waals surface area contributed by atoms with Crippen LogP contribution in [0.15, 0.2) is 78.9 Å². The van der Waals surface area contributed by atoms with E-state index in [-0.39, 0.29) is 5.91 Å². The second kappa shape index (κ2) is 8.93. The van der Waals surface area contributed by atoms with Gasteiger partial charge in [-0.2, -0.15) is 0 Å². The second-order valence-corrected chi connectivity index (χ2v) is 9.71. The van der Waals surface area contributed by atoms with Crippen molar-refractivity contribution in [2.45, 2.75) is 13.8 Å². The number of aryl methyl sites for hydroxylation is 2. The van der Waals surface area contributed by atoms with Crippen molar-refractivity contribution in [1.82, 2.24) is 4.98 Å². The number of nitrogens with zero attached hydrogens (tertiary/aromatic N) is 1. The highest BCUT2D eigenvalue weighted by Crippen LogP contribution is 2.41. The monoisotopic (exact) mass is 483 g/mol. The fraction of sp³-hybridized carbons (Fsp3) is 0.0714. The molecule has 0 radical (unpaired) electrons. The van der Waals surface area contributed by atoms with E-state index in [1.807, 2.05) is 61.5 Å². The van der Waals surface area contributed by atoms with Gasteiger partial charge in [-0.3, -0.25) is 4.79 Å². The van der Waals surface area contributed by atoms with Crippen molar-refractivity contribution in [2.24, 2.45) is 0 Å². The van der Waals surface area contributed by atoms with Crippen LogP contribution in [0.25, 0.3) is 32.6 Å². The van der Waals surface area contributed by atoms with Crippen LogP contribution in [0, 0.1) is 13.8 Å². The van der Waals surface area contributed by atoms with E-state index in [1.54, 1.807) is 0 Å². The van der Waals surface area contributed by atoms with Crippen molar-refractivity contribution in [3.63, 3.8) is 0 Å². The lowest BCUT2D eigenvalue weighted by molar-refractivity contribution is 0.103. The fourth-order valence-corrected chi connectivity index (χ4v) is 4.98. The summed E-state index contributed by atoms with van der Waals surface area (Å²) in [6.45, 7) is 4.06.